The number of sulfonamides is 1. The van der Waals surface area contributed by atoms with Crippen LogP contribution in [-0.2, 0) is 21.4 Å². The van der Waals surface area contributed by atoms with Crippen LogP contribution >= 0.6 is 0 Å². The Morgan fingerprint density at radius 3 is 2.34 bits per heavy atom. The van der Waals surface area contributed by atoms with E-state index in [1.54, 1.807) is 39.2 Å². The molecular weight excluding hydrogens is 392 g/mol. The zero-order valence-electron chi connectivity index (χ0n) is 16.6. The van der Waals surface area contributed by atoms with E-state index in [0.717, 1.165) is 5.39 Å². The van der Waals surface area contributed by atoms with Gasteiger partial charge in [0, 0.05) is 36.8 Å². The molecule has 0 saturated carbocycles. The Morgan fingerprint density at radius 1 is 1.07 bits per heavy atom. The first-order valence-electron chi connectivity index (χ1n) is 9.33. The second-order valence-electron chi connectivity index (χ2n) is 6.41. The number of carbonyl (C=O) groups excluding carboxylic acids is 1. The molecule has 0 fully saturated rings. The fourth-order valence-corrected chi connectivity index (χ4v) is 4.64. The number of ether oxygens (including phenoxy) is 1. The molecule has 1 amide bonds. The number of carbonyl (C=O) groups is 1. The van der Waals surface area contributed by atoms with Crippen LogP contribution in [0, 0.1) is 0 Å². The predicted octanol–water partition coefficient (Wildman–Crippen LogP) is 3.86. The molecule has 1 heterocycles. The number of hydrogen-bond donors (Lipinski definition) is 1. The van der Waals surface area contributed by atoms with Crippen LogP contribution in [-0.4, -0.2) is 38.8 Å². The SMILES string of the molecule is CCN(CC)S(=O)(=O)c1ccc(NC(=O)c2oc3ccccc3c2COC)cc1. The molecule has 0 aliphatic carbocycles. The second kappa shape index (κ2) is 8.77. The quantitative estimate of drug-likeness (QED) is 0.602. The van der Waals surface area contributed by atoms with Gasteiger partial charge in [0.05, 0.1) is 11.5 Å². The first kappa shape index (κ1) is 21.0. The van der Waals surface area contributed by atoms with Gasteiger partial charge in [-0.1, -0.05) is 32.0 Å². The van der Waals surface area contributed by atoms with Crippen LogP contribution in [0.25, 0.3) is 11.0 Å². The van der Waals surface area contributed by atoms with Gasteiger partial charge >= 0.3 is 0 Å². The summed E-state index contributed by atoms with van der Waals surface area (Å²) in [6, 6.07) is 13.5. The monoisotopic (exact) mass is 416 g/mol. The Balaban J connectivity index is 1.85. The highest BCUT2D eigenvalue weighted by Gasteiger charge is 2.23. The largest absolute Gasteiger partial charge is 0.451 e. The molecule has 154 valence electrons. The molecule has 1 aromatic heterocycles. The maximum atomic E-state index is 12.8. The van der Waals surface area contributed by atoms with E-state index in [0.29, 0.717) is 29.9 Å². The molecule has 0 bridgehead atoms. The standard InChI is InChI=1S/C21H24N2O5S/c1-4-23(5-2)29(25,26)16-12-10-15(11-13-16)22-21(24)20-18(14-27-3)17-8-6-7-9-19(17)28-20/h6-13H,4-5,14H2,1-3H3,(H,22,24). The fraction of sp³-hybridized carbons (Fsp3) is 0.286. The number of methoxy groups -OCH3 is 1. The number of para-hydroxylation sites is 1. The Kier molecular flexibility index (Phi) is 6.36. The van der Waals surface area contributed by atoms with Gasteiger partial charge in [-0.05, 0) is 30.3 Å². The number of benzene rings is 2. The Bertz CT molecular complexity index is 1100. The number of fused-ring (bicyclic) bond motifs is 1. The lowest BCUT2D eigenvalue weighted by Gasteiger charge is -2.18. The minimum atomic E-state index is -3.54. The summed E-state index contributed by atoms with van der Waals surface area (Å²) >= 11 is 0. The molecule has 2 aromatic carbocycles. The lowest BCUT2D eigenvalue weighted by Crippen LogP contribution is -2.30. The van der Waals surface area contributed by atoms with E-state index in [1.807, 2.05) is 18.2 Å². The third kappa shape index (κ3) is 4.19. The summed E-state index contributed by atoms with van der Waals surface area (Å²) in [6.07, 6.45) is 0. The van der Waals surface area contributed by atoms with Gasteiger partial charge < -0.3 is 14.5 Å². The van der Waals surface area contributed by atoms with Gasteiger partial charge in [-0.15, -0.1) is 0 Å². The Labute approximate surface area is 170 Å². The van der Waals surface area contributed by atoms with E-state index < -0.39 is 15.9 Å². The van der Waals surface area contributed by atoms with Gasteiger partial charge in [-0.25, -0.2) is 8.42 Å². The van der Waals surface area contributed by atoms with Crippen molar-refractivity contribution >= 4 is 32.6 Å². The van der Waals surface area contributed by atoms with Gasteiger partial charge in [0.15, 0.2) is 5.76 Å². The fourth-order valence-electron chi connectivity index (χ4n) is 3.18. The lowest BCUT2D eigenvalue weighted by atomic mass is 10.1. The zero-order chi connectivity index (χ0) is 21.0. The van der Waals surface area contributed by atoms with E-state index >= 15 is 0 Å². The van der Waals surface area contributed by atoms with Crippen molar-refractivity contribution in [2.75, 3.05) is 25.5 Å². The molecule has 0 saturated heterocycles. The second-order valence-corrected chi connectivity index (χ2v) is 8.34. The maximum absolute atomic E-state index is 12.8. The maximum Gasteiger partial charge on any atom is 0.291 e. The summed E-state index contributed by atoms with van der Waals surface area (Å²) in [5.74, 6) is -0.250. The molecule has 3 aromatic rings. The van der Waals surface area contributed by atoms with Crippen LogP contribution in [0.1, 0.15) is 30.0 Å². The van der Waals surface area contributed by atoms with Gasteiger partial charge in [-0.3, -0.25) is 4.79 Å². The third-order valence-corrected chi connectivity index (χ3v) is 6.71. The van der Waals surface area contributed by atoms with E-state index in [-0.39, 0.29) is 17.3 Å². The van der Waals surface area contributed by atoms with Crippen LogP contribution < -0.4 is 5.32 Å². The number of anilines is 1. The molecular formula is C21H24N2O5S. The third-order valence-electron chi connectivity index (χ3n) is 4.65. The molecule has 0 aliphatic heterocycles. The van der Waals surface area contributed by atoms with Crippen LogP contribution in [0.4, 0.5) is 5.69 Å². The van der Waals surface area contributed by atoms with Crippen LogP contribution in [0.2, 0.25) is 0 Å². The molecule has 0 unspecified atom stereocenters. The average molecular weight is 416 g/mol. The number of nitrogens with one attached hydrogen (secondary N) is 1. The molecule has 0 atom stereocenters. The summed E-state index contributed by atoms with van der Waals surface area (Å²) in [5, 5.41) is 3.58. The summed E-state index contributed by atoms with van der Waals surface area (Å²) in [6.45, 7) is 4.61. The van der Waals surface area contributed by atoms with Crippen molar-refractivity contribution < 1.29 is 22.4 Å². The first-order chi connectivity index (χ1) is 13.9. The minimum Gasteiger partial charge on any atom is -0.451 e. The molecule has 0 spiro atoms. The number of hydrogen-bond acceptors (Lipinski definition) is 5. The van der Waals surface area contributed by atoms with Crippen molar-refractivity contribution in [3.8, 4) is 0 Å². The average Bonchev–Trinajstić information content (AvgIpc) is 3.08. The van der Waals surface area contributed by atoms with Crippen molar-refractivity contribution in [1.29, 1.82) is 0 Å². The highest BCUT2D eigenvalue weighted by molar-refractivity contribution is 7.89. The van der Waals surface area contributed by atoms with Crippen LogP contribution in [0.5, 0.6) is 0 Å². The summed E-state index contributed by atoms with van der Waals surface area (Å²) in [5.41, 5.74) is 1.74. The topological polar surface area (TPSA) is 88.9 Å². The van der Waals surface area contributed by atoms with Gasteiger partial charge in [0.25, 0.3) is 5.91 Å². The van der Waals surface area contributed by atoms with Gasteiger partial charge in [0.1, 0.15) is 5.58 Å². The number of nitrogens with zero attached hydrogens (tertiary/aromatic N) is 1. The predicted molar refractivity (Wildman–Crippen MR) is 111 cm³/mol. The van der Waals surface area contributed by atoms with Gasteiger partial charge in [0.2, 0.25) is 10.0 Å². The molecule has 8 heteroatoms. The molecule has 1 N–H and O–H groups in total. The summed E-state index contributed by atoms with van der Waals surface area (Å²) < 4.78 is 37.5. The van der Waals surface area contributed by atoms with Crippen molar-refractivity contribution in [2.24, 2.45) is 0 Å². The zero-order valence-corrected chi connectivity index (χ0v) is 17.5. The van der Waals surface area contributed by atoms with E-state index in [1.165, 1.54) is 16.4 Å². The molecule has 7 nitrogen and oxygen atoms in total. The number of furan rings is 1. The van der Waals surface area contributed by atoms with Crippen molar-refractivity contribution in [2.45, 2.75) is 25.3 Å². The molecule has 29 heavy (non-hydrogen) atoms. The first-order valence-corrected chi connectivity index (χ1v) is 10.8. The Hall–Kier alpha value is -2.68. The minimum absolute atomic E-state index is 0.174. The summed E-state index contributed by atoms with van der Waals surface area (Å²) in [4.78, 5) is 13.0. The van der Waals surface area contributed by atoms with Crippen LogP contribution in [0.15, 0.2) is 57.8 Å². The highest BCUT2D eigenvalue weighted by Crippen LogP contribution is 2.27. The van der Waals surface area contributed by atoms with E-state index in [2.05, 4.69) is 5.32 Å². The van der Waals surface area contributed by atoms with Crippen molar-refractivity contribution in [3.05, 3.63) is 59.9 Å². The van der Waals surface area contributed by atoms with Gasteiger partial charge in [-0.2, -0.15) is 4.31 Å². The number of rotatable bonds is 8. The smallest absolute Gasteiger partial charge is 0.291 e. The van der Waals surface area contributed by atoms with E-state index in [9.17, 15) is 13.2 Å². The van der Waals surface area contributed by atoms with Crippen LogP contribution in [0.3, 0.4) is 0 Å². The summed E-state index contributed by atoms with van der Waals surface area (Å²) in [7, 11) is -1.99. The van der Waals surface area contributed by atoms with Crippen molar-refractivity contribution in [3.63, 3.8) is 0 Å². The Morgan fingerprint density at radius 2 is 1.72 bits per heavy atom. The molecule has 0 radical (unpaired) electrons. The normalized spacial score (nSPS) is 11.9. The number of amides is 1. The molecule has 0 aliphatic rings. The lowest BCUT2D eigenvalue weighted by molar-refractivity contribution is 0.0992. The highest BCUT2D eigenvalue weighted by atomic mass is 32.2. The molecule has 3 rings (SSSR count). The van der Waals surface area contributed by atoms with Crippen molar-refractivity contribution in [1.82, 2.24) is 4.31 Å². The van der Waals surface area contributed by atoms with E-state index in [4.69, 9.17) is 9.15 Å².